The van der Waals surface area contributed by atoms with Crippen molar-refractivity contribution in [3.05, 3.63) is 71.1 Å². The van der Waals surface area contributed by atoms with E-state index in [1.54, 1.807) is 6.26 Å². The molecule has 0 atom stereocenters. The molecule has 1 saturated heterocycles. The van der Waals surface area contributed by atoms with Gasteiger partial charge in [0.2, 0.25) is 0 Å². The Morgan fingerprint density at radius 2 is 1.97 bits per heavy atom. The quantitative estimate of drug-likeness (QED) is 0.681. The summed E-state index contributed by atoms with van der Waals surface area (Å²) in [6.07, 6.45) is 3.49. The highest BCUT2D eigenvalue weighted by Crippen LogP contribution is 2.20. The summed E-state index contributed by atoms with van der Waals surface area (Å²) in [4.78, 5) is 22.2. The third-order valence-corrected chi connectivity index (χ3v) is 5.82. The number of aryl methyl sites for hydroxylation is 1. The van der Waals surface area contributed by atoms with Gasteiger partial charge < -0.3 is 24.1 Å². The van der Waals surface area contributed by atoms with Crippen LogP contribution < -0.4 is 10.2 Å². The Morgan fingerprint density at radius 1 is 1.17 bits per heavy atom. The number of nitrogens with one attached hydrogen (secondary N) is 1. The maximum absolute atomic E-state index is 12.9. The summed E-state index contributed by atoms with van der Waals surface area (Å²) in [5.74, 6) is 1.77. The van der Waals surface area contributed by atoms with Gasteiger partial charge in [-0.3, -0.25) is 4.79 Å². The number of carbonyl (C=O) groups excluding carboxylic acids is 1. The van der Waals surface area contributed by atoms with E-state index in [0.29, 0.717) is 18.7 Å². The van der Waals surface area contributed by atoms with Gasteiger partial charge in [0.15, 0.2) is 0 Å². The van der Waals surface area contributed by atoms with Gasteiger partial charge in [-0.25, -0.2) is 4.98 Å². The molecular formula is C23H29N5O2. The first-order valence-electron chi connectivity index (χ1n) is 10.4. The number of rotatable bonds is 6. The molecule has 0 radical (unpaired) electrons. The molecule has 0 bridgehead atoms. The zero-order valence-corrected chi connectivity index (χ0v) is 17.9. The molecule has 7 nitrogen and oxygen atoms in total. The van der Waals surface area contributed by atoms with Gasteiger partial charge in [0, 0.05) is 55.9 Å². The number of aromatic nitrogens is 2. The second-order valence-corrected chi connectivity index (χ2v) is 7.91. The number of hydrogen-bond donors (Lipinski definition) is 1. The van der Waals surface area contributed by atoms with Crippen molar-refractivity contribution >= 4 is 11.7 Å². The molecule has 1 fully saturated rings. The lowest BCUT2D eigenvalue weighted by Crippen LogP contribution is -2.45. The Kier molecular flexibility index (Phi) is 5.90. The van der Waals surface area contributed by atoms with Crippen molar-refractivity contribution in [3.8, 4) is 0 Å². The van der Waals surface area contributed by atoms with Crippen LogP contribution >= 0.6 is 0 Å². The monoisotopic (exact) mass is 407 g/mol. The zero-order chi connectivity index (χ0) is 21.1. The lowest BCUT2D eigenvalue weighted by molar-refractivity contribution is 0.0950. The van der Waals surface area contributed by atoms with E-state index in [2.05, 4.69) is 31.7 Å². The smallest absolute Gasteiger partial charge is 0.253 e. The van der Waals surface area contributed by atoms with Crippen molar-refractivity contribution in [1.82, 2.24) is 19.8 Å². The van der Waals surface area contributed by atoms with Crippen LogP contribution in [0.2, 0.25) is 0 Å². The average Bonchev–Trinajstić information content (AvgIpc) is 3.37. The number of pyridine rings is 1. The van der Waals surface area contributed by atoms with Crippen molar-refractivity contribution in [2.45, 2.75) is 26.9 Å². The van der Waals surface area contributed by atoms with Gasteiger partial charge in [-0.1, -0.05) is 6.07 Å². The van der Waals surface area contributed by atoms with Gasteiger partial charge in [0.05, 0.1) is 18.4 Å². The molecule has 0 saturated carbocycles. The Balaban J connectivity index is 1.46. The van der Waals surface area contributed by atoms with Crippen molar-refractivity contribution in [2.24, 2.45) is 0 Å². The Hall–Kier alpha value is -3.06. The van der Waals surface area contributed by atoms with Crippen molar-refractivity contribution < 1.29 is 9.21 Å². The molecule has 30 heavy (non-hydrogen) atoms. The number of amides is 1. The highest BCUT2D eigenvalue weighted by Gasteiger charge is 2.20. The molecule has 158 valence electrons. The maximum Gasteiger partial charge on any atom is 0.253 e. The first kappa shape index (κ1) is 20.2. The molecule has 1 amide bonds. The first-order valence-corrected chi connectivity index (χ1v) is 10.4. The molecule has 3 aromatic heterocycles. The SMILES string of the molecule is Cc1cc(C(=O)NCc2cccnc2N2CCN(C)CC2)c(C)n1Cc1ccco1. The molecule has 3 aromatic rings. The average molecular weight is 408 g/mol. The van der Waals surface area contributed by atoms with Crippen LogP contribution in [0.1, 0.15) is 33.1 Å². The number of piperazine rings is 1. The minimum atomic E-state index is -0.0676. The number of furan rings is 1. The summed E-state index contributed by atoms with van der Waals surface area (Å²) in [6.45, 7) is 8.99. The van der Waals surface area contributed by atoms with Gasteiger partial charge in [-0.05, 0) is 45.2 Å². The predicted octanol–water partition coefficient (Wildman–Crippen LogP) is 2.82. The summed E-state index contributed by atoms with van der Waals surface area (Å²) in [5, 5.41) is 3.09. The van der Waals surface area contributed by atoms with Crippen LogP contribution in [0.4, 0.5) is 5.82 Å². The summed E-state index contributed by atoms with van der Waals surface area (Å²) in [7, 11) is 2.14. The lowest BCUT2D eigenvalue weighted by Gasteiger charge is -2.34. The van der Waals surface area contributed by atoms with Gasteiger partial charge in [-0.2, -0.15) is 0 Å². The van der Waals surface area contributed by atoms with Crippen LogP contribution in [0, 0.1) is 13.8 Å². The van der Waals surface area contributed by atoms with E-state index >= 15 is 0 Å². The normalized spacial score (nSPS) is 14.8. The molecule has 0 aromatic carbocycles. The fourth-order valence-corrected chi connectivity index (χ4v) is 3.97. The first-order chi connectivity index (χ1) is 14.5. The van der Waals surface area contributed by atoms with Gasteiger partial charge in [-0.15, -0.1) is 0 Å². The summed E-state index contributed by atoms with van der Waals surface area (Å²) in [6, 6.07) is 9.74. The summed E-state index contributed by atoms with van der Waals surface area (Å²) < 4.78 is 7.57. The fraction of sp³-hybridized carbons (Fsp3) is 0.391. The highest BCUT2D eigenvalue weighted by molar-refractivity contribution is 5.95. The topological polar surface area (TPSA) is 66.5 Å². The zero-order valence-electron chi connectivity index (χ0n) is 17.9. The molecule has 4 heterocycles. The molecular weight excluding hydrogens is 378 g/mol. The minimum Gasteiger partial charge on any atom is -0.467 e. The largest absolute Gasteiger partial charge is 0.467 e. The lowest BCUT2D eigenvalue weighted by atomic mass is 10.2. The maximum atomic E-state index is 12.9. The Morgan fingerprint density at radius 3 is 2.70 bits per heavy atom. The van der Waals surface area contributed by atoms with Crippen LogP contribution in [-0.2, 0) is 13.1 Å². The molecule has 4 rings (SSSR count). The molecule has 0 spiro atoms. The van der Waals surface area contributed by atoms with E-state index in [0.717, 1.165) is 54.7 Å². The number of carbonyl (C=O) groups is 1. The van der Waals surface area contributed by atoms with Crippen molar-refractivity contribution in [1.29, 1.82) is 0 Å². The van der Waals surface area contributed by atoms with Gasteiger partial charge in [0.1, 0.15) is 11.6 Å². The van der Waals surface area contributed by atoms with Crippen LogP contribution in [0.25, 0.3) is 0 Å². The van der Waals surface area contributed by atoms with Crippen LogP contribution in [0.5, 0.6) is 0 Å². The molecule has 1 aliphatic heterocycles. The molecule has 0 aliphatic carbocycles. The van der Waals surface area contributed by atoms with Gasteiger partial charge >= 0.3 is 0 Å². The minimum absolute atomic E-state index is 0.0676. The number of hydrogen-bond acceptors (Lipinski definition) is 5. The Bertz CT molecular complexity index is 1000. The van der Waals surface area contributed by atoms with Crippen LogP contribution in [-0.4, -0.2) is 53.6 Å². The Labute approximate surface area is 177 Å². The van der Waals surface area contributed by atoms with Crippen molar-refractivity contribution in [2.75, 3.05) is 38.1 Å². The van der Waals surface area contributed by atoms with E-state index in [9.17, 15) is 4.79 Å². The summed E-state index contributed by atoms with van der Waals surface area (Å²) >= 11 is 0. The predicted molar refractivity (Wildman–Crippen MR) is 117 cm³/mol. The van der Waals surface area contributed by atoms with Crippen LogP contribution in [0.15, 0.2) is 47.2 Å². The van der Waals surface area contributed by atoms with Crippen molar-refractivity contribution in [3.63, 3.8) is 0 Å². The van der Waals surface area contributed by atoms with E-state index in [4.69, 9.17) is 4.42 Å². The van der Waals surface area contributed by atoms with Gasteiger partial charge in [0.25, 0.3) is 5.91 Å². The highest BCUT2D eigenvalue weighted by atomic mass is 16.3. The van der Waals surface area contributed by atoms with E-state index in [1.165, 1.54) is 0 Å². The number of likely N-dealkylation sites (N-methyl/N-ethyl adjacent to an activating group) is 1. The second kappa shape index (κ2) is 8.75. The van der Waals surface area contributed by atoms with E-state index < -0.39 is 0 Å². The standard InChI is InChI=1S/C23H29N5O2/c1-17-14-21(18(2)28(17)16-20-7-5-13-30-20)23(29)25-15-19-6-4-8-24-22(19)27-11-9-26(3)10-12-27/h4-8,13-14H,9-12,15-16H2,1-3H3,(H,25,29). The second-order valence-electron chi connectivity index (χ2n) is 7.91. The molecule has 1 N–H and O–H groups in total. The number of anilines is 1. The third-order valence-electron chi connectivity index (χ3n) is 5.82. The molecule has 0 unspecified atom stereocenters. The summed E-state index contributed by atoms with van der Waals surface area (Å²) in [5.41, 5.74) is 3.71. The van der Waals surface area contributed by atoms with Crippen LogP contribution in [0.3, 0.4) is 0 Å². The molecule has 1 aliphatic rings. The van der Waals surface area contributed by atoms with E-state index in [-0.39, 0.29) is 5.91 Å². The molecule has 7 heteroatoms. The number of nitrogens with zero attached hydrogens (tertiary/aromatic N) is 4. The third kappa shape index (κ3) is 4.26. The fourth-order valence-electron chi connectivity index (χ4n) is 3.97. The van der Waals surface area contributed by atoms with E-state index in [1.807, 2.05) is 50.4 Å².